The molecule has 0 spiro atoms. The number of rotatable bonds is 6. The zero-order chi connectivity index (χ0) is 17.7. The third kappa shape index (κ3) is 4.53. The zero-order valence-electron chi connectivity index (χ0n) is 13.3. The molecule has 2 unspecified atom stereocenters. The number of para-hydroxylation sites is 2. The summed E-state index contributed by atoms with van der Waals surface area (Å²) in [4.78, 5) is 22.8. The van der Waals surface area contributed by atoms with Crippen molar-refractivity contribution in [2.75, 3.05) is 5.32 Å². The van der Waals surface area contributed by atoms with E-state index in [0.717, 1.165) is 5.56 Å². The Balaban J connectivity index is 2.04. The van der Waals surface area contributed by atoms with Crippen LogP contribution in [-0.2, 0) is 4.79 Å². The lowest BCUT2D eigenvalue weighted by Crippen LogP contribution is -2.39. The number of nitro benzene ring substituents is 1. The number of carbonyl (C=O) groups is 1. The Morgan fingerprint density at radius 2 is 1.88 bits per heavy atom. The van der Waals surface area contributed by atoms with Crippen molar-refractivity contribution in [3.05, 3.63) is 69.2 Å². The Labute approximate surface area is 145 Å². The predicted octanol–water partition coefficient (Wildman–Crippen LogP) is 3.93. The minimum Gasteiger partial charge on any atom is -0.319 e. The van der Waals surface area contributed by atoms with Gasteiger partial charge in [0.15, 0.2) is 0 Å². The van der Waals surface area contributed by atoms with Crippen LogP contribution in [0.1, 0.15) is 25.5 Å². The number of hydrogen-bond donors (Lipinski definition) is 2. The third-order valence-electron chi connectivity index (χ3n) is 3.60. The van der Waals surface area contributed by atoms with Gasteiger partial charge in [0, 0.05) is 17.1 Å². The summed E-state index contributed by atoms with van der Waals surface area (Å²) in [6.07, 6.45) is 0. The Bertz CT molecular complexity index is 751. The van der Waals surface area contributed by atoms with E-state index in [9.17, 15) is 14.9 Å². The maximum Gasteiger partial charge on any atom is 0.292 e. The Morgan fingerprint density at radius 1 is 1.17 bits per heavy atom. The zero-order valence-corrected chi connectivity index (χ0v) is 14.1. The predicted molar refractivity (Wildman–Crippen MR) is 94.2 cm³/mol. The van der Waals surface area contributed by atoms with E-state index < -0.39 is 11.0 Å². The van der Waals surface area contributed by atoms with Crippen molar-refractivity contribution < 1.29 is 9.72 Å². The summed E-state index contributed by atoms with van der Waals surface area (Å²) in [6, 6.07) is 12.8. The van der Waals surface area contributed by atoms with Gasteiger partial charge >= 0.3 is 0 Å². The summed E-state index contributed by atoms with van der Waals surface area (Å²) < 4.78 is 0. The molecule has 1 amide bonds. The molecule has 7 heteroatoms. The highest BCUT2D eigenvalue weighted by Gasteiger charge is 2.20. The summed E-state index contributed by atoms with van der Waals surface area (Å²) in [7, 11) is 0. The largest absolute Gasteiger partial charge is 0.319 e. The molecule has 0 radical (unpaired) electrons. The molecule has 2 rings (SSSR count). The van der Waals surface area contributed by atoms with Crippen LogP contribution in [0.3, 0.4) is 0 Å². The lowest BCUT2D eigenvalue weighted by molar-refractivity contribution is -0.383. The molecule has 2 N–H and O–H groups in total. The molecule has 2 aromatic rings. The SMILES string of the molecule is CC(NC(C)c1cccc(Cl)c1)C(=O)Nc1ccccc1[N+](=O)[O-]. The second-order valence-corrected chi connectivity index (χ2v) is 5.86. The van der Waals surface area contributed by atoms with E-state index in [1.165, 1.54) is 12.1 Å². The van der Waals surface area contributed by atoms with Crippen LogP contribution in [0.5, 0.6) is 0 Å². The summed E-state index contributed by atoms with van der Waals surface area (Å²) in [5.41, 5.74) is 0.991. The fourth-order valence-corrected chi connectivity index (χ4v) is 2.50. The topological polar surface area (TPSA) is 84.3 Å². The monoisotopic (exact) mass is 347 g/mol. The second kappa shape index (κ2) is 7.90. The van der Waals surface area contributed by atoms with Crippen LogP contribution in [-0.4, -0.2) is 16.9 Å². The molecule has 0 saturated carbocycles. The summed E-state index contributed by atoms with van der Waals surface area (Å²) >= 11 is 5.97. The molecule has 2 aromatic carbocycles. The number of nitrogens with one attached hydrogen (secondary N) is 2. The van der Waals surface area contributed by atoms with Crippen LogP contribution in [0.2, 0.25) is 5.02 Å². The van der Waals surface area contributed by atoms with Crippen molar-refractivity contribution in [3.8, 4) is 0 Å². The van der Waals surface area contributed by atoms with Gasteiger partial charge in [-0.1, -0.05) is 35.9 Å². The molecule has 0 aliphatic rings. The van der Waals surface area contributed by atoms with Crippen molar-refractivity contribution in [2.24, 2.45) is 0 Å². The van der Waals surface area contributed by atoms with E-state index in [4.69, 9.17) is 11.6 Å². The first-order valence-electron chi connectivity index (χ1n) is 7.44. The minimum atomic E-state index is -0.543. The summed E-state index contributed by atoms with van der Waals surface area (Å²) in [5, 5.41) is 17.4. The molecule has 2 atom stereocenters. The number of anilines is 1. The molecule has 0 saturated heterocycles. The highest BCUT2D eigenvalue weighted by atomic mass is 35.5. The van der Waals surface area contributed by atoms with Crippen LogP contribution < -0.4 is 10.6 Å². The van der Waals surface area contributed by atoms with Crippen LogP contribution >= 0.6 is 11.6 Å². The molecule has 126 valence electrons. The molecular weight excluding hydrogens is 330 g/mol. The Kier molecular flexibility index (Phi) is 5.89. The van der Waals surface area contributed by atoms with Crippen LogP contribution in [0.25, 0.3) is 0 Å². The standard InChI is InChI=1S/C17H18ClN3O3/c1-11(13-6-5-7-14(18)10-13)19-12(2)17(22)20-15-8-3-4-9-16(15)21(23)24/h3-12,19H,1-2H3,(H,20,22). The van der Waals surface area contributed by atoms with E-state index >= 15 is 0 Å². The number of amides is 1. The average molecular weight is 348 g/mol. The third-order valence-corrected chi connectivity index (χ3v) is 3.84. The van der Waals surface area contributed by atoms with E-state index in [-0.39, 0.29) is 23.3 Å². The van der Waals surface area contributed by atoms with Gasteiger partial charge in [0.1, 0.15) is 5.69 Å². The first-order chi connectivity index (χ1) is 11.4. The summed E-state index contributed by atoms with van der Waals surface area (Å²) in [5.74, 6) is -0.349. The first-order valence-corrected chi connectivity index (χ1v) is 7.82. The summed E-state index contributed by atoms with van der Waals surface area (Å²) in [6.45, 7) is 3.62. The number of benzene rings is 2. The van der Waals surface area contributed by atoms with Gasteiger partial charge in [0.25, 0.3) is 5.69 Å². The average Bonchev–Trinajstić information content (AvgIpc) is 2.55. The van der Waals surface area contributed by atoms with Crippen molar-refractivity contribution in [1.29, 1.82) is 0 Å². The molecule has 0 aliphatic carbocycles. The van der Waals surface area contributed by atoms with Crippen LogP contribution in [0.4, 0.5) is 11.4 Å². The van der Waals surface area contributed by atoms with E-state index in [2.05, 4.69) is 10.6 Å². The van der Waals surface area contributed by atoms with Gasteiger partial charge in [-0.2, -0.15) is 0 Å². The van der Waals surface area contributed by atoms with Crippen molar-refractivity contribution in [3.63, 3.8) is 0 Å². The first kappa shape index (κ1) is 17.9. The van der Waals surface area contributed by atoms with Gasteiger partial charge in [-0.25, -0.2) is 0 Å². The number of nitro groups is 1. The van der Waals surface area contributed by atoms with Crippen molar-refractivity contribution in [1.82, 2.24) is 5.32 Å². The Hall–Kier alpha value is -2.44. The second-order valence-electron chi connectivity index (χ2n) is 5.43. The maximum atomic E-state index is 12.3. The maximum absolute atomic E-state index is 12.3. The normalized spacial score (nSPS) is 13.1. The van der Waals surface area contributed by atoms with Gasteiger partial charge < -0.3 is 5.32 Å². The van der Waals surface area contributed by atoms with Crippen LogP contribution in [0.15, 0.2) is 48.5 Å². The lowest BCUT2D eigenvalue weighted by atomic mass is 10.1. The number of hydrogen-bond acceptors (Lipinski definition) is 4. The van der Waals surface area contributed by atoms with Crippen molar-refractivity contribution >= 4 is 28.9 Å². The van der Waals surface area contributed by atoms with Gasteiger partial charge in [-0.05, 0) is 37.6 Å². The molecule has 24 heavy (non-hydrogen) atoms. The molecule has 0 heterocycles. The molecule has 0 fully saturated rings. The molecule has 0 bridgehead atoms. The molecule has 6 nitrogen and oxygen atoms in total. The highest BCUT2D eigenvalue weighted by molar-refractivity contribution is 6.30. The van der Waals surface area contributed by atoms with Crippen LogP contribution in [0, 0.1) is 10.1 Å². The van der Waals surface area contributed by atoms with Gasteiger partial charge in [0.05, 0.1) is 11.0 Å². The molecule has 0 aromatic heterocycles. The lowest BCUT2D eigenvalue weighted by Gasteiger charge is -2.20. The van der Waals surface area contributed by atoms with E-state index in [0.29, 0.717) is 5.02 Å². The van der Waals surface area contributed by atoms with Crippen molar-refractivity contribution in [2.45, 2.75) is 25.9 Å². The molecular formula is C17H18ClN3O3. The van der Waals surface area contributed by atoms with E-state index in [1.807, 2.05) is 25.1 Å². The van der Waals surface area contributed by atoms with Gasteiger partial charge in [-0.3, -0.25) is 20.2 Å². The smallest absolute Gasteiger partial charge is 0.292 e. The van der Waals surface area contributed by atoms with Gasteiger partial charge in [-0.15, -0.1) is 0 Å². The fraction of sp³-hybridized carbons (Fsp3) is 0.235. The number of halogens is 1. The fourth-order valence-electron chi connectivity index (χ4n) is 2.30. The number of nitrogens with zero attached hydrogens (tertiary/aromatic N) is 1. The quantitative estimate of drug-likeness (QED) is 0.612. The number of carbonyl (C=O) groups excluding carboxylic acids is 1. The Morgan fingerprint density at radius 3 is 2.54 bits per heavy atom. The highest BCUT2D eigenvalue weighted by Crippen LogP contribution is 2.23. The molecule has 0 aliphatic heterocycles. The van der Waals surface area contributed by atoms with Gasteiger partial charge in [0.2, 0.25) is 5.91 Å². The van der Waals surface area contributed by atoms with E-state index in [1.54, 1.807) is 25.1 Å². The minimum absolute atomic E-state index is 0.102.